The van der Waals surface area contributed by atoms with Crippen LogP contribution in [0, 0.1) is 6.92 Å². The molecule has 0 unspecified atom stereocenters. The number of aryl methyl sites for hydroxylation is 1. The van der Waals surface area contributed by atoms with Gasteiger partial charge in [0.05, 0.1) is 10.6 Å². The highest BCUT2D eigenvalue weighted by atomic mass is 32.2. The molecule has 0 spiro atoms. The Balaban J connectivity index is 2.38. The van der Waals surface area contributed by atoms with Crippen LogP contribution in [0.1, 0.15) is 11.1 Å². The Morgan fingerprint density at radius 3 is 2.40 bits per heavy atom. The van der Waals surface area contributed by atoms with Gasteiger partial charge in [-0.15, -0.1) is 5.73 Å². The molecule has 0 heterocycles. The standard InChI is InChI=1S/C16H15NO2S/c1-3-6-14-7-4-5-8-16(14)17-20(18,19)15-11-9-13(2)10-12-15/h4-12,17H,1H2,2H3. The van der Waals surface area contributed by atoms with Crippen molar-refractivity contribution in [2.24, 2.45) is 0 Å². The molecule has 1 N–H and O–H groups in total. The zero-order valence-corrected chi connectivity index (χ0v) is 11.9. The van der Waals surface area contributed by atoms with E-state index in [4.69, 9.17) is 0 Å². The Bertz CT molecular complexity index is 755. The minimum atomic E-state index is -3.59. The summed E-state index contributed by atoms with van der Waals surface area (Å²) >= 11 is 0. The predicted molar refractivity (Wildman–Crippen MR) is 82.0 cm³/mol. The lowest BCUT2D eigenvalue weighted by molar-refractivity contribution is 0.601. The maximum atomic E-state index is 12.3. The van der Waals surface area contributed by atoms with E-state index in [1.54, 1.807) is 48.5 Å². The number of hydrogen-bond acceptors (Lipinski definition) is 2. The second kappa shape index (κ2) is 5.78. The minimum Gasteiger partial charge on any atom is -0.279 e. The first-order chi connectivity index (χ1) is 9.53. The van der Waals surface area contributed by atoms with Crippen LogP contribution in [0.4, 0.5) is 5.69 Å². The van der Waals surface area contributed by atoms with Crippen molar-refractivity contribution in [3.8, 4) is 0 Å². The van der Waals surface area contributed by atoms with E-state index in [0.29, 0.717) is 5.69 Å². The van der Waals surface area contributed by atoms with Crippen LogP contribution >= 0.6 is 0 Å². The van der Waals surface area contributed by atoms with Crippen LogP contribution in [-0.4, -0.2) is 8.42 Å². The molecule has 0 saturated carbocycles. The molecule has 0 bridgehead atoms. The van der Waals surface area contributed by atoms with Crippen molar-refractivity contribution in [3.63, 3.8) is 0 Å². The third-order valence-corrected chi connectivity index (χ3v) is 4.18. The van der Waals surface area contributed by atoms with Crippen molar-refractivity contribution in [2.75, 3.05) is 4.72 Å². The first-order valence-corrected chi connectivity index (χ1v) is 7.55. The maximum Gasteiger partial charge on any atom is 0.261 e. The van der Waals surface area contributed by atoms with Gasteiger partial charge in [0.25, 0.3) is 10.0 Å². The molecule has 0 saturated heterocycles. The number of para-hydroxylation sites is 1. The number of benzene rings is 2. The quantitative estimate of drug-likeness (QED) is 0.872. The van der Waals surface area contributed by atoms with Gasteiger partial charge in [0.2, 0.25) is 0 Å². The van der Waals surface area contributed by atoms with Crippen molar-refractivity contribution in [3.05, 3.63) is 72.0 Å². The molecule has 2 aromatic rings. The van der Waals surface area contributed by atoms with Crippen LogP contribution < -0.4 is 4.72 Å². The number of rotatable bonds is 4. The molecule has 0 aliphatic heterocycles. The van der Waals surface area contributed by atoms with Gasteiger partial charge >= 0.3 is 0 Å². The molecule has 102 valence electrons. The highest BCUT2D eigenvalue weighted by molar-refractivity contribution is 7.92. The molecular weight excluding hydrogens is 270 g/mol. The van der Waals surface area contributed by atoms with Gasteiger partial charge in [0.15, 0.2) is 0 Å². The Labute approximate surface area is 119 Å². The lowest BCUT2D eigenvalue weighted by Crippen LogP contribution is -2.13. The van der Waals surface area contributed by atoms with Gasteiger partial charge in [-0.1, -0.05) is 42.5 Å². The number of hydrogen-bond donors (Lipinski definition) is 1. The summed E-state index contributed by atoms with van der Waals surface area (Å²) in [5.41, 5.74) is 4.88. The molecule has 0 atom stereocenters. The second-order valence-corrected chi connectivity index (χ2v) is 6.04. The fourth-order valence-electron chi connectivity index (χ4n) is 1.75. The molecule has 0 amide bonds. The fraction of sp³-hybridized carbons (Fsp3) is 0.0625. The Morgan fingerprint density at radius 1 is 1.10 bits per heavy atom. The van der Waals surface area contributed by atoms with Crippen LogP contribution in [0.3, 0.4) is 0 Å². The third kappa shape index (κ3) is 3.18. The van der Waals surface area contributed by atoms with Gasteiger partial charge in [-0.25, -0.2) is 8.42 Å². The molecule has 0 fully saturated rings. The summed E-state index contributed by atoms with van der Waals surface area (Å²) in [4.78, 5) is 0.237. The summed E-state index contributed by atoms with van der Waals surface area (Å²) in [6, 6.07) is 13.8. The molecule has 0 aliphatic rings. The molecule has 2 rings (SSSR count). The van der Waals surface area contributed by atoms with E-state index >= 15 is 0 Å². The van der Waals surface area contributed by atoms with Gasteiger partial charge in [-0.2, -0.15) is 0 Å². The van der Waals surface area contributed by atoms with Crippen molar-refractivity contribution >= 4 is 21.8 Å². The zero-order valence-electron chi connectivity index (χ0n) is 11.1. The summed E-state index contributed by atoms with van der Waals surface area (Å²) in [6.07, 6.45) is 1.63. The molecule has 4 heteroatoms. The summed E-state index contributed by atoms with van der Waals surface area (Å²) in [5, 5.41) is 0. The van der Waals surface area contributed by atoms with Crippen molar-refractivity contribution < 1.29 is 8.42 Å². The fourth-order valence-corrected chi connectivity index (χ4v) is 2.83. The molecule has 0 radical (unpaired) electrons. The molecule has 20 heavy (non-hydrogen) atoms. The SMILES string of the molecule is C=C=Cc1ccccc1NS(=O)(=O)c1ccc(C)cc1. The number of nitrogens with one attached hydrogen (secondary N) is 1. The smallest absolute Gasteiger partial charge is 0.261 e. The highest BCUT2D eigenvalue weighted by Crippen LogP contribution is 2.21. The molecular formula is C16H15NO2S. The van der Waals surface area contributed by atoms with Crippen LogP contribution in [0.15, 0.2) is 65.7 Å². The lowest BCUT2D eigenvalue weighted by atomic mass is 10.2. The minimum absolute atomic E-state index is 0.237. The average Bonchev–Trinajstić information content (AvgIpc) is 2.41. The van der Waals surface area contributed by atoms with Crippen molar-refractivity contribution in [2.45, 2.75) is 11.8 Å². The second-order valence-electron chi connectivity index (χ2n) is 4.35. The third-order valence-electron chi connectivity index (χ3n) is 2.79. The van der Waals surface area contributed by atoms with Crippen LogP contribution in [0.2, 0.25) is 0 Å². The highest BCUT2D eigenvalue weighted by Gasteiger charge is 2.14. The van der Waals surface area contributed by atoms with E-state index in [1.807, 2.05) is 13.0 Å². The van der Waals surface area contributed by atoms with Crippen LogP contribution in [0.5, 0.6) is 0 Å². The molecule has 0 aliphatic carbocycles. The predicted octanol–water partition coefficient (Wildman–Crippen LogP) is 3.59. The topological polar surface area (TPSA) is 46.2 Å². The van der Waals surface area contributed by atoms with Gasteiger partial charge in [-0.05, 0) is 31.2 Å². The van der Waals surface area contributed by atoms with E-state index in [9.17, 15) is 8.42 Å². The van der Waals surface area contributed by atoms with Gasteiger partial charge < -0.3 is 0 Å². The first-order valence-electron chi connectivity index (χ1n) is 6.07. The summed E-state index contributed by atoms with van der Waals surface area (Å²) in [5.74, 6) is 0. The van der Waals surface area contributed by atoms with E-state index in [2.05, 4.69) is 17.0 Å². The Kier molecular flexibility index (Phi) is 4.08. The number of anilines is 1. The normalized spacial score (nSPS) is 10.7. The summed E-state index contributed by atoms with van der Waals surface area (Å²) in [7, 11) is -3.59. The molecule has 3 nitrogen and oxygen atoms in total. The average molecular weight is 285 g/mol. The Hall–Kier alpha value is -2.29. The van der Waals surface area contributed by atoms with E-state index < -0.39 is 10.0 Å². The summed E-state index contributed by atoms with van der Waals surface area (Å²) in [6.45, 7) is 5.41. The zero-order chi connectivity index (χ0) is 14.6. The van der Waals surface area contributed by atoms with Crippen LogP contribution in [-0.2, 0) is 10.0 Å². The maximum absolute atomic E-state index is 12.3. The van der Waals surface area contributed by atoms with Gasteiger partial charge in [0.1, 0.15) is 0 Å². The van der Waals surface area contributed by atoms with E-state index in [0.717, 1.165) is 11.1 Å². The molecule has 0 aromatic heterocycles. The van der Waals surface area contributed by atoms with Crippen molar-refractivity contribution in [1.82, 2.24) is 0 Å². The van der Waals surface area contributed by atoms with Crippen LogP contribution in [0.25, 0.3) is 6.08 Å². The molecule has 2 aromatic carbocycles. The van der Waals surface area contributed by atoms with Gasteiger partial charge in [-0.3, -0.25) is 4.72 Å². The summed E-state index contributed by atoms with van der Waals surface area (Å²) < 4.78 is 27.2. The van der Waals surface area contributed by atoms with E-state index in [1.165, 1.54) is 0 Å². The first kappa shape index (κ1) is 14.1. The lowest BCUT2D eigenvalue weighted by Gasteiger charge is -2.10. The Morgan fingerprint density at radius 2 is 1.75 bits per heavy atom. The largest absolute Gasteiger partial charge is 0.279 e. The monoisotopic (exact) mass is 285 g/mol. The number of sulfonamides is 1. The van der Waals surface area contributed by atoms with Gasteiger partial charge in [0, 0.05) is 5.56 Å². The van der Waals surface area contributed by atoms with Crippen molar-refractivity contribution in [1.29, 1.82) is 0 Å². The van der Waals surface area contributed by atoms with E-state index in [-0.39, 0.29) is 4.90 Å².